The third-order valence-corrected chi connectivity index (χ3v) is 4.15. The van der Waals surface area contributed by atoms with Gasteiger partial charge in [0.25, 0.3) is 0 Å². The Morgan fingerprint density at radius 3 is 2.31 bits per heavy atom. The third kappa shape index (κ3) is 5.38. The number of hydrogen-bond acceptors (Lipinski definition) is 6. The minimum absolute atomic E-state index is 0.0714. The van der Waals surface area contributed by atoms with E-state index in [-0.39, 0.29) is 23.7 Å². The van der Waals surface area contributed by atoms with Crippen LogP contribution in [-0.4, -0.2) is 35.2 Å². The molecule has 0 amide bonds. The fraction of sp³-hybridized carbons (Fsp3) is 0.316. The van der Waals surface area contributed by atoms with Crippen molar-refractivity contribution in [3.63, 3.8) is 0 Å². The molecule has 2 aliphatic heterocycles. The number of hydrazone groups is 1. The Kier molecular flexibility index (Phi) is 6.60. The van der Waals surface area contributed by atoms with Crippen LogP contribution in [0.1, 0.15) is 19.4 Å². The number of ether oxygens (including phenoxy) is 1. The molecule has 0 spiro atoms. The Hall–Kier alpha value is -3.53. The van der Waals surface area contributed by atoms with Crippen molar-refractivity contribution in [1.29, 1.82) is 5.26 Å². The van der Waals surface area contributed by atoms with E-state index in [9.17, 15) is 31.6 Å². The number of nitrogens with two attached hydrogens (primary N) is 1. The molecule has 3 N–H and O–H groups in total. The van der Waals surface area contributed by atoms with Crippen LogP contribution in [0.2, 0.25) is 0 Å². The third-order valence-electron chi connectivity index (χ3n) is 4.15. The molecule has 13 heteroatoms. The number of aliphatic carboxylic acids is 1. The van der Waals surface area contributed by atoms with Crippen molar-refractivity contribution in [3.05, 3.63) is 52.9 Å². The number of rotatable bonds is 1. The summed E-state index contributed by atoms with van der Waals surface area (Å²) in [6.45, 7) is 3.70. The molecule has 0 saturated carbocycles. The van der Waals surface area contributed by atoms with Gasteiger partial charge in [0.15, 0.2) is 0 Å². The summed E-state index contributed by atoms with van der Waals surface area (Å²) < 4.78 is 77.3. The molecule has 3 rings (SSSR count). The van der Waals surface area contributed by atoms with Gasteiger partial charge in [-0.05, 0) is 32.1 Å². The molecule has 0 saturated heterocycles. The number of fused-ring (bicyclic) bond motifs is 1. The average Bonchev–Trinajstić information content (AvgIpc) is 2.66. The van der Waals surface area contributed by atoms with Crippen LogP contribution in [0.25, 0.3) is 0 Å². The van der Waals surface area contributed by atoms with Crippen LogP contribution in [0.15, 0.2) is 52.4 Å². The molecule has 0 atom stereocenters. The summed E-state index contributed by atoms with van der Waals surface area (Å²) in [5.41, 5.74) is 5.20. The van der Waals surface area contributed by atoms with Crippen LogP contribution < -0.4 is 10.7 Å². The molecule has 0 aliphatic carbocycles. The molecule has 0 fully saturated rings. The van der Waals surface area contributed by atoms with Gasteiger partial charge in [-0.3, -0.25) is 0 Å². The number of halogens is 6. The normalized spacial score (nSPS) is 17.9. The van der Waals surface area contributed by atoms with E-state index in [1.54, 1.807) is 6.08 Å². The summed E-state index contributed by atoms with van der Waals surface area (Å²) in [4.78, 5) is 8.90. The number of benzene rings is 1. The maximum Gasteiger partial charge on any atom is 0.490 e. The van der Waals surface area contributed by atoms with E-state index < -0.39 is 29.5 Å². The van der Waals surface area contributed by atoms with Crippen molar-refractivity contribution in [2.45, 2.75) is 31.8 Å². The van der Waals surface area contributed by atoms with E-state index in [1.165, 1.54) is 18.2 Å². The van der Waals surface area contributed by atoms with Crippen molar-refractivity contribution >= 4 is 17.4 Å². The van der Waals surface area contributed by atoms with Crippen molar-refractivity contribution in [2.75, 3.05) is 11.6 Å². The molecule has 0 aromatic heterocycles. The number of alkyl halides is 6. The average molecular weight is 462 g/mol. The van der Waals surface area contributed by atoms with E-state index in [0.717, 1.165) is 11.1 Å². The summed E-state index contributed by atoms with van der Waals surface area (Å²) in [6, 6.07) is 6.92. The molecule has 1 aromatic rings. The predicted molar refractivity (Wildman–Crippen MR) is 100.0 cm³/mol. The predicted octanol–water partition coefficient (Wildman–Crippen LogP) is 3.94. The molecule has 172 valence electrons. The molecule has 0 radical (unpaired) electrons. The Balaban J connectivity index is 0.000000451. The highest BCUT2D eigenvalue weighted by Gasteiger charge is 2.39. The lowest BCUT2D eigenvalue weighted by Crippen LogP contribution is -2.39. The van der Waals surface area contributed by atoms with Crippen LogP contribution in [0.4, 0.5) is 32.0 Å². The second-order valence-electron chi connectivity index (χ2n) is 7.00. The van der Waals surface area contributed by atoms with Gasteiger partial charge >= 0.3 is 18.3 Å². The van der Waals surface area contributed by atoms with Gasteiger partial charge in [0, 0.05) is 5.57 Å². The number of hydrogen-bond donors (Lipinski definition) is 2. The minimum Gasteiger partial charge on any atom is -0.475 e. The lowest BCUT2D eigenvalue weighted by molar-refractivity contribution is -0.192. The summed E-state index contributed by atoms with van der Waals surface area (Å²) in [5, 5.41) is 21.8. The first kappa shape index (κ1) is 24.7. The van der Waals surface area contributed by atoms with Gasteiger partial charge in [-0.25, -0.2) is 9.80 Å². The highest BCUT2D eigenvalue weighted by Crippen LogP contribution is 2.40. The van der Waals surface area contributed by atoms with Crippen LogP contribution in [-0.2, 0) is 15.7 Å². The van der Waals surface area contributed by atoms with Crippen molar-refractivity contribution in [3.8, 4) is 6.07 Å². The summed E-state index contributed by atoms with van der Waals surface area (Å²) in [7, 11) is 0. The molecular formula is C19H16F6N4O3. The van der Waals surface area contributed by atoms with Gasteiger partial charge in [-0.1, -0.05) is 12.1 Å². The van der Waals surface area contributed by atoms with E-state index in [0.29, 0.717) is 11.3 Å². The number of para-hydroxylation sites is 1. The number of anilines is 1. The number of carbonyl (C=O) groups is 1. The minimum atomic E-state index is -5.08. The number of nitrogens with zero attached hydrogens (tertiary/aromatic N) is 3. The lowest BCUT2D eigenvalue weighted by atomic mass is 9.92. The fourth-order valence-corrected chi connectivity index (χ4v) is 2.72. The second-order valence-corrected chi connectivity index (χ2v) is 7.00. The van der Waals surface area contributed by atoms with Crippen LogP contribution >= 0.6 is 0 Å². The van der Waals surface area contributed by atoms with Crippen LogP contribution in [0.3, 0.4) is 0 Å². The first-order valence-corrected chi connectivity index (χ1v) is 8.70. The SMILES string of the molecule is CC1(C)C=C2C(=NN(c3ccccc3C(F)(F)F)C(N)=C2C#N)CO1.O=C(O)C(F)(F)F. The molecule has 1 aromatic carbocycles. The molecule has 2 heterocycles. The van der Waals surface area contributed by atoms with Crippen molar-refractivity contribution in [2.24, 2.45) is 10.8 Å². The van der Waals surface area contributed by atoms with Crippen molar-refractivity contribution < 1.29 is 41.0 Å². The van der Waals surface area contributed by atoms with Gasteiger partial charge in [-0.2, -0.15) is 36.7 Å². The zero-order valence-electron chi connectivity index (χ0n) is 16.5. The maximum atomic E-state index is 13.3. The largest absolute Gasteiger partial charge is 0.490 e. The van der Waals surface area contributed by atoms with Crippen molar-refractivity contribution in [1.82, 2.24) is 0 Å². The Labute approximate surface area is 177 Å². The second kappa shape index (κ2) is 8.54. The number of carboxylic acid groups (broad SMARTS) is 1. The zero-order chi connectivity index (χ0) is 24.5. The zero-order valence-corrected chi connectivity index (χ0v) is 16.5. The van der Waals surface area contributed by atoms with E-state index in [2.05, 4.69) is 5.10 Å². The van der Waals surface area contributed by atoms with Gasteiger partial charge in [0.05, 0.1) is 29.2 Å². The van der Waals surface area contributed by atoms with Gasteiger partial charge in [-0.15, -0.1) is 0 Å². The first-order valence-electron chi connectivity index (χ1n) is 8.70. The Bertz CT molecular complexity index is 1050. The monoisotopic (exact) mass is 462 g/mol. The van der Waals surface area contributed by atoms with E-state index in [1.807, 2.05) is 19.9 Å². The molecule has 7 nitrogen and oxygen atoms in total. The Morgan fingerprint density at radius 2 is 1.81 bits per heavy atom. The fourth-order valence-electron chi connectivity index (χ4n) is 2.72. The highest BCUT2D eigenvalue weighted by molar-refractivity contribution is 6.08. The summed E-state index contributed by atoms with van der Waals surface area (Å²) >= 11 is 0. The molecule has 2 aliphatic rings. The van der Waals surface area contributed by atoms with Gasteiger partial charge < -0.3 is 15.6 Å². The van der Waals surface area contributed by atoms with Gasteiger partial charge in [0.2, 0.25) is 0 Å². The number of carboxylic acids is 1. The van der Waals surface area contributed by atoms with Gasteiger partial charge in [0.1, 0.15) is 17.5 Å². The molecular weight excluding hydrogens is 446 g/mol. The standard InChI is InChI=1S/C17H15F3N4O.C2HF3O2/c1-16(2)7-10-11(8-21)15(22)24(23-13(10)9-25-16)14-6-4-3-5-12(14)17(18,19)20;3-2(4,5)1(6)7/h3-7H,9,22H2,1-2H3;(H,6,7). The quantitative estimate of drug-likeness (QED) is 0.612. The highest BCUT2D eigenvalue weighted by atomic mass is 19.4. The van der Waals surface area contributed by atoms with E-state index in [4.69, 9.17) is 20.4 Å². The van der Waals surface area contributed by atoms with Crippen LogP contribution in [0.5, 0.6) is 0 Å². The first-order chi connectivity index (χ1) is 14.6. The molecule has 0 bridgehead atoms. The molecule has 32 heavy (non-hydrogen) atoms. The topological polar surface area (TPSA) is 112 Å². The summed E-state index contributed by atoms with van der Waals surface area (Å²) in [5.74, 6) is -2.90. The number of allylic oxidation sites excluding steroid dienone is 1. The maximum absolute atomic E-state index is 13.3. The smallest absolute Gasteiger partial charge is 0.475 e. The van der Waals surface area contributed by atoms with E-state index >= 15 is 0 Å². The molecule has 0 unspecified atom stereocenters. The summed E-state index contributed by atoms with van der Waals surface area (Å²) in [6.07, 6.45) is -7.96. The number of nitriles is 1. The lowest BCUT2D eigenvalue weighted by Gasteiger charge is -2.34. The Morgan fingerprint density at radius 1 is 1.25 bits per heavy atom. The van der Waals surface area contributed by atoms with Crippen LogP contribution in [0, 0.1) is 11.3 Å².